The molecule has 0 saturated carbocycles. The molecule has 2 fully saturated rings. The van der Waals surface area contributed by atoms with Crippen LogP contribution in [0.3, 0.4) is 0 Å². The quantitative estimate of drug-likeness (QED) is 0.790. The second kappa shape index (κ2) is 4.84. The smallest absolute Gasteiger partial charge is 0.226 e. The molecule has 3 heterocycles. The summed E-state index contributed by atoms with van der Waals surface area (Å²) in [5.41, 5.74) is 0.393. The molecule has 0 aliphatic carbocycles. The summed E-state index contributed by atoms with van der Waals surface area (Å²) < 4.78 is 0. The van der Waals surface area contributed by atoms with Gasteiger partial charge >= 0.3 is 0 Å². The lowest BCUT2D eigenvalue weighted by Gasteiger charge is -2.41. The highest BCUT2D eigenvalue weighted by molar-refractivity contribution is 5.77. The Morgan fingerprint density at radius 1 is 1.47 bits per heavy atom. The van der Waals surface area contributed by atoms with Crippen LogP contribution < -0.4 is 10.2 Å². The molecule has 6 nitrogen and oxygen atoms in total. The molecular formula is C13H15N5O. The molecule has 2 aliphatic rings. The fourth-order valence-corrected chi connectivity index (χ4v) is 2.85. The summed E-state index contributed by atoms with van der Waals surface area (Å²) in [6, 6.07) is 3.93. The largest absolute Gasteiger partial charge is 0.353 e. The number of hydrogen-bond donors (Lipinski definition) is 1. The third-order valence-corrected chi connectivity index (χ3v) is 3.86. The van der Waals surface area contributed by atoms with Crippen molar-refractivity contribution in [1.82, 2.24) is 15.3 Å². The van der Waals surface area contributed by atoms with Gasteiger partial charge in [0.1, 0.15) is 11.8 Å². The number of fused-ring (bicyclic) bond motifs is 1. The predicted molar refractivity (Wildman–Crippen MR) is 68.2 cm³/mol. The zero-order valence-electron chi connectivity index (χ0n) is 10.5. The molecule has 0 spiro atoms. The number of piperidine rings is 2. The van der Waals surface area contributed by atoms with Gasteiger partial charge in [-0.05, 0) is 24.8 Å². The van der Waals surface area contributed by atoms with Crippen LogP contribution >= 0.6 is 0 Å². The minimum absolute atomic E-state index is 0.164. The first-order valence-electron chi connectivity index (χ1n) is 6.54. The maximum absolute atomic E-state index is 11.4. The number of hydrogen-bond acceptors (Lipinski definition) is 5. The number of rotatable bonds is 1. The van der Waals surface area contributed by atoms with E-state index in [1.54, 1.807) is 12.3 Å². The van der Waals surface area contributed by atoms with Gasteiger partial charge in [-0.15, -0.1) is 0 Å². The molecule has 2 saturated heterocycles. The first-order chi connectivity index (χ1) is 9.26. The molecule has 98 valence electrons. The Morgan fingerprint density at radius 2 is 2.37 bits per heavy atom. The monoisotopic (exact) mass is 257 g/mol. The van der Waals surface area contributed by atoms with Crippen LogP contribution in [0, 0.1) is 17.2 Å². The number of carbonyl (C=O) groups excluding carboxylic acids is 1. The van der Waals surface area contributed by atoms with Gasteiger partial charge in [-0.3, -0.25) is 4.79 Å². The van der Waals surface area contributed by atoms with Crippen LogP contribution in [0.2, 0.25) is 0 Å². The number of amides is 1. The van der Waals surface area contributed by atoms with E-state index in [9.17, 15) is 4.79 Å². The minimum atomic E-state index is 0.164. The number of nitriles is 1. The van der Waals surface area contributed by atoms with Gasteiger partial charge in [-0.2, -0.15) is 5.26 Å². The summed E-state index contributed by atoms with van der Waals surface area (Å²) in [6.45, 7) is 1.66. The van der Waals surface area contributed by atoms with Crippen molar-refractivity contribution in [2.24, 2.45) is 5.92 Å². The van der Waals surface area contributed by atoms with Gasteiger partial charge in [0.05, 0.1) is 0 Å². The summed E-state index contributed by atoms with van der Waals surface area (Å²) in [4.78, 5) is 22.0. The summed E-state index contributed by atoms with van der Waals surface area (Å²) >= 11 is 0. The lowest BCUT2D eigenvalue weighted by molar-refractivity contribution is -0.124. The van der Waals surface area contributed by atoms with Gasteiger partial charge in [0.25, 0.3) is 0 Å². The lowest BCUT2D eigenvalue weighted by atomic mass is 9.85. The molecule has 1 amide bonds. The van der Waals surface area contributed by atoms with Crippen LogP contribution in [-0.4, -0.2) is 35.0 Å². The molecule has 1 aromatic heterocycles. The van der Waals surface area contributed by atoms with Gasteiger partial charge < -0.3 is 10.2 Å². The third-order valence-electron chi connectivity index (χ3n) is 3.86. The average molecular weight is 257 g/mol. The molecule has 1 N–H and O–H groups in total. The molecule has 3 rings (SSSR count). The summed E-state index contributed by atoms with van der Waals surface area (Å²) in [6.07, 6.45) is 4.06. The van der Waals surface area contributed by atoms with Crippen molar-refractivity contribution in [2.75, 3.05) is 18.0 Å². The SMILES string of the molecule is N#Cc1ccnc(N2CCC3NC(=O)CCC3C2)n1. The number of nitrogens with zero attached hydrogens (tertiary/aromatic N) is 4. The van der Waals surface area contributed by atoms with Crippen molar-refractivity contribution < 1.29 is 4.79 Å². The van der Waals surface area contributed by atoms with E-state index in [0.29, 0.717) is 24.0 Å². The van der Waals surface area contributed by atoms with E-state index in [2.05, 4.69) is 20.2 Å². The van der Waals surface area contributed by atoms with Gasteiger partial charge in [-0.25, -0.2) is 9.97 Å². The second-order valence-corrected chi connectivity index (χ2v) is 5.06. The molecule has 0 bridgehead atoms. The van der Waals surface area contributed by atoms with Crippen LogP contribution in [0.1, 0.15) is 25.0 Å². The molecule has 19 heavy (non-hydrogen) atoms. The molecule has 2 atom stereocenters. The Bertz CT molecular complexity index is 538. The summed E-state index contributed by atoms with van der Waals surface area (Å²) in [7, 11) is 0. The molecule has 0 aromatic carbocycles. The molecule has 2 aliphatic heterocycles. The Balaban J connectivity index is 1.74. The van der Waals surface area contributed by atoms with Gasteiger partial charge in [0.2, 0.25) is 11.9 Å². The van der Waals surface area contributed by atoms with Crippen LogP contribution in [0.5, 0.6) is 0 Å². The van der Waals surface area contributed by atoms with E-state index in [-0.39, 0.29) is 11.9 Å². The Kier molecular flexibility index (Phi) is 3.03. The highest BCUT2D eigenvalue weighted by atomic mass is 16.1. The zero-order valence-corrected chi connectivity index (χ0v) is 10.5. The number of anilines is 1. The van der Waals surface area contributed by atoms with Crippen molar-refractivity contribution in [3.05, 3.63) is 18.0 Å². The van der Waals surface area contributed by atoms with Crippen LogP contribution in [0.4, 0.5) is 5.95 Å². The van der Waals surface area contributed by atoms with Gasteiger partial charge in [0, 0.05) is 31.7 Å². The Labute approximate surface area is 111 Å². The molecule has 1 aromatic rings. The lowest BCUT2D eigenvalue weighted by Crippen LogP contribution is -2.54. The van der Waals surface area contributed by atoms with Gasteiger partial charge in [-0.1, -0.05) is 0 Å². The molecular weight excluding hydrogens is 242 g/mol. The molecule has 2 unspecified atom stereocenters. The van der Waals surface area contributed by atoms with Crippen molar-refractivity contribution in [2.45, 2.75) is 25.3 Å². The zero-order chi connectivity index (χ0) is 13.2. The van der Waals surface area contributed by atoms with Crippen LogP contribution in [0.15, 0.2) is 12.3 Å². The number of carbonyl (C=O) groups is 1. The highest BCUT2D eigenvalue weighted by Gasteiger charge is 2.34. The summed E-state index contributed by atoms with van der Waals surface area (Å²) in [5.74, 6) is 1.24. The first-order valence-corrected chi connectivity index (χ1v) is 6.54. The van der Waals surface area contributed by atoms with Crippen LogP contribution in [-0.2, 0) is 4.79 Å². The van der Waals surface area contributed by atoms with E-state index in [1.165, 1.54) is 0 Å². The van der Waals surface area contributed by atoms with E-state index in [0.717, 1.165) is 25.9 Å². The Morgan fingerprint density at radius 3 is 3.21 bits per heavy atom. The molecule has 6 heteroatoms. The van der Waals surface area contributed by atoms with Crippen molar-refractivity contribution in [1.29, 1.82) is 5.26 Å². The van der Waals surface area contributed by atoms with Crippen LogP contribution in [0.25, 0.3) is 0 Å². The number of aromatic nitrogens is 2. The van der Waals surface area contributed by atoms with E-state index >= 15 is 0 Å². The highest BCUT2D eigenvalue weighted by Crippen LogP contribution is 2.27. The maximum atomic E-state index is 11.4. The van der Waals surface area contributed by atoms with Crippen molar-refractivity contribution >= 4 is 11.9 Å². The Hall–Kier alpha value is -2.16. The third kappa shape index (κ3) is 2.36. The first kappa shape index (κ1) is 11.9. The minimum Gasteiger partial charge on any atom is -0.353 e. The summed E-state index contributed by atoms with van der Waals surface area (Å²) in [5, 5.41) is 11.9. The van der Waals surface area contributed by atoms with E-state index in [1.807, 2.05) is 6.07 Å². The average Bonchev–Trinajstić information content (AvgIpc) is 2.46. The van der Waals surface area contributed by atoms with E-state index in [4.69, 9.17) is 5.26 Å². The topological polar surface area (TPSA) is 81.9 Å². The van der Waals surface area contributed by atoms with Gasteiger partial charge in [0.15, 0.2) is 0 Å². The standard InChI is InChI=1S/C13H15N5O/c14-7-10-3-5-15-13(16-10)18-6-4-11-9(8-18)1-2-12(19)17-11/h3,5,9,11H,1-2,4,6,8H2,(H,17,19). The fraction of sp³-hybridized carbons (Fsp3) is 0.538. The second-order valence-electron chi connectivity index (χ2n) is 5.06. The predicted octanol–water partition coefficient (Wildman–Crippen LogP) is 0.453. The van der Waals surface area contributed by atoms with E-state index < -0.39 is 0 Å². The maximum Gasteiger partial charge on any atom is 0.226 e. The van der Waals surface area contributed by atoms with Crippen molar-refractivity contribution in [3.8, 4) is 6.07 Å². The number of nitrogens with one attached hydrogen (secondary N) is 1. The molecule has 0 radical (unpaired) electrons. The van der Waals surface area contributed by atoms with Crippen molar-refractivity contribution in [3.63, 3.8) is 0 Å². The normalized spacial score (nSPS) is 26.3. The fourth-order valence-electron chi connectivity index (χ4n) is 2.85.